The standard InChI is InChI=1S/C36H41N4.ClH/c1-37-20-21-38(35(25-37)28-12-4-3-5-13-28)34-19-11-8-16-31(34)26-40(2)23-22-39-33-18-10-7-15-30(33)24-29-14-6-9-17-32(29)36(39)27-40;/h3-19,35-36H,20-27H2,1-2H3;1H/q+1;/p-1. The van der Waals surface area contributed by atoms with Crippen LogP contribution in [0.1, 0.15) is 39.9 Å². The maximum Gasteiger partial charge on any atom is 0.106 e. The summed E-state index contributed by atoms with van der Waals surface area (Å²) in [6.45, 7) is 7.59. The van der Waals surface area contributed by atoms with Gasteiger partial charge >= 0.3 is 0 Å². The molecule has 4 nitrogen and oxygen atoms in total. The van der Waals surface area contributed by atoms with Crippen molar-refractivity contribution >= 4 is 11.4 Å². The van der Waals surface area contributed by atoms with Crippen LogP contribution in [0.15, 0.2) is 103 Å². The minimum Gasteiger partial charge on any atom is -1.00 e. The second-order valence-corrected chi connectivity index (χ2v) is 12.4. The summed E-state index contributed by atoms with van der Waals surface area (Å²) in [5.74, 6) is 0. The summed E-state index contributed by atoms with van der Waals surface area (Å²) in [4.78, 5) is 7.87. The molecule has 0 aromatic heterocycles. The van der Waals surface area contributed by atoms with Crippen molar-refractivity contribution in [3.63, 3.8) is 0 Å². The first-order chi connectivity index (χ1) is 19.6. The van der Waals surface area contributed by atoms with E-state index in [0.29, 0.717) is 12.1 Å². The van der Waals surface area contributed by atoms with Gasteiger partial charge in [0.05, 0.1) is 26.2 Å². The second-order valence-electron chi connectivity index (χ2n) is 12.4. The Morgan fingerprint density at radius 1 is 0.683 bits per heavy atom. The highest BCUT2D eigenvalue weighted by Crippen LogP contribution is 2.42. The third-order valence-corrected chi connectivity index (χ3v) is 9.59. The number of quaternary nitrogens is 1. The van der Waals surface area contributed by atoms with E-state index in [9.17, 15) is 0 Å². The number of hydrogen-bond acceptors (Lipinski definition) is 3. The van der Waals surface area contributed by atoms with Gasteiger partial charge in [0.25, 0.3) is 0 Å². The lowest BCUT2D eigenvalue weighted by molar-refractivity contribution is -0.926. The molecule has 0 amide bonds. The molecule has 3 aliphatic heterocycles. The van der Waals surface area contributed by atoms with Crippen LogP contribution in [0.2, 0.25) is 0 Å². The molecule has 41 heavy (non-hydrogen) atoms. The second kappa shape index (κ2) is 11.5. The fourth-order valence-corrected chi connectivity index (χ4v) is 7.48. The summed E-state index contributed by atoms with van der Waals surface area (Å²) in [7, 11) is 4.75. The average molecular weight is 565 g/mol. The molecule has 0 spiro atoms. The largest absolute Gasteiger partial charge is 1.00 e. The smallest absolute Gasteiger partial charge is 0.106 e. The number of halogens is 1. The van der Waals surface area contributed by atoms with Gasteiger partial charge in [0.15, 0.2) is 0 Å². The number of piperazine rings is 2. The fraction of sp³-hybridized carbons (Fsp3) is 0.333. The van der Waals surface area contributed by atoms with Crippen LogP contribution in [0.4, 0.5) is 11.4 Å². The highest BCUT2D eigenvalue weighted by molar-refractivity contribution is 5.61. The van der Waals surface area contributed by atoms with Crippen molar-refractivity contribution in [2.24, 2.45) is 0 Å². The molecule has 0 aliphatic carbocycles. The molecule has 4 aromatic carbocycles. The fourth-order valence-electron chi connectivity index (χ4n) is 7.48. The molecular formula is C36H41ClN4. The van der Waals surface area contributed by atoms with E-state index >= 15 is 0 Å². The van der Waals surface area contributed by atoms with Crippen molar-refractivity contribution in [1.82, 2.24) is 4.90 Å². The van der Waals surface area contributed by atoms with E-state index in [4.69, 9.17) is 0 Å². The van der Waals surface area contributed by atoms with Crippen molar-refractivity contribution in [2.75, 3.05) is 63.2 Å². The predicted octanol–water partition coefficient (Wildman–Crippen LogP) is 3.30. The molecule has 7 rings (SSSR count). The number of nitrogens with zero attached hydrogens (tertiary/aromatic N) is 4. The Labute approximate surface area is 251 Å². The third kappa shape index (κ3) is 5.37. The van der Waals surface area contributed by atoms with E-state index < -0.39 is 0 Å². The molecular weight excluding hydrogens is 524 g/mol. The van der Waals surface area contributed by atoms with Gasteiger partial charge in [-0.25, -0.2) is 0 Å². The number of para-hydroxylation sites is 2. The number of benzene rings is 4. The van der Waals surface area contributed by atoms with Crippen LogP contribution in [-0.2, 0) is 13.0 Å². The summed E-state index contributed by atoms with van der Waals surface area (Å²) in [6.07, 6.45) is 1.02. The van der Waals surface area contributed by atoms with Gasteiger partial charge in [-0.3, -0.25) is 0 Å². The zero-order valence-corrected chi connectivity index (χ0v) is 25.0. The van der Waals surface area contributed by atoms with Gasteiger partial charge in [0, 0.05) is 36.6 Å². The SMILES string of the molecule is CN1CCN(c2ccccc2C[N+]2(C)CCN3c4ccccc4Cc4ccccc4C3C2)C(c2ccccc2)C1.[Cl-]. The van der Waals surface area contributed by atoms with Crippen molar-refractivity contribution < 1.29 is 16.9 Å². The first-order valence-electron chi connectivity index (χ1n) is 14.9. The Bertz CT molecular complexity index is 1490. The zero-order valence-electron chi connectivity index (χ0n) is 24.3. The maximum absolute atomic E-state index is 2.71. The van der Waals surface area contributed by atoms with Crippen LogP contribution in [0, 0.1) is 0 Å². The Hall–Kier alpha value is -3.31. The highest BCUT2D eigenvalue weighted by Gasteiger charge is 2.41. The van der Waals surface area contributed by atoms with Gasteiger partial charge in [-0.2, -0.15) is 0 Å². The lowest BCUT2D eigenvalue weighted by atomic mass is 9.95. The van der Waals surface area contributed by atoms with Gasteiger partial charge in [0.1, 0.15) is 19.1 Å². The van der Waals surface area contributed by atoms with Crippen LogP contribution < -0.4 is 22.2 Å². The molecule has 2 fully saturated rings. The Morgan fingerprint density at radius 3 is 2.17 bits per heavy atom. The summed E-state index contributed by atoms with van der Waals surface area (Å²) in [6, 6.07) is 39.4. The van der Waals surface area contributed by atoms with Crippen molar-refractivity contribution in [2.45, 2.75) is 25.0 Å². The number of fused-ring (bicyclic) bond motifs is 5. The molecule has 3 unspecified atom stereocenters. The Morgan fingerprint density at radius 2 is 1.34 bits per heavy atom. The third-order valence-electron chi connectivity index (χ3n) is 9.59. The molecule has 0 bridgehead atoms. The number of likely N-dealkylation sites (N-methyl/N-ethyl adjacent to an activating group) is 2. The van der Waals surface area contributed by atoms with E-state index in [-0.39, 0.29) is 12.4 Å². The topological polar surface area (TPSA) is 9.72 Å². The molecule has 3 aliphatic rings. The van der Waals surface area contributed by atoms with Crippen molar-refractivity contribution in [3.8, 4) is 0 Å². The summed E-state index contributed by atoms with van der Waals surface area (Å²) < 4.78 is 1.05. The minimum absolute atomic E-state index is 0. The van der Waals surface area contributed by atoms with E-state index in [1.165, 1.54) is 39.2 Å². The van der Waals surface area contributed by atoms with Gasteiger partial charge in [-0.1, -0.05) is 91.0 Å². The molecule has 3 atom stereocenters. The first kappa shape index (κ1) is 27.8. The monoisotopic (exact) mass is 564 g/mol. The molecule has 4 aromatic rings. The number of rotatable bonds is 4. The van der Waals surface area contributed by atoms with Gasteiger partial charge in [-0.15, -0.1) is 0 Å². The molecule has 3 heterocycles. The Balaban J connectivity index is 0.00000302. The van der Waals surface area contributed by atoms with Gasteiger partial charge in [0.2, 0.25) is 0 Å². The molecule has 5 heteroatoms. The predicted molar refractivity (Wildman–Crippen MR) is 166 cm³/mol. The van der Waals surface area contributed by atoms with E-state index in [1.807, 2.05) is 0 Å². The zero-order chi connectivity index (χ0) is 27.1. The van der Waals surface area contributed by atoms with Crippen molar-refractivity contribution in [1.29, 1.82) is 0 Å². The van der Waals surface area contributed by atoms with Crippen LogP contribution in [0.3, 0.4) is 0 Å². The highest BCUT2D eigenvalue weighted by atomic mass is 35.5. The molecule has 2 saturated heterocycles. The summed E-state index contributed by atoms with van der Waals surface area (Å²) in [5.41, 5.74) is 10.2. The first-order valence-corrected chi connectivity index (χ1v) is 14.9. The van der Waals surface area contributed by atoms with Crippen molar-refractivity contribution in [3.05, 3.63) is 131 Å². The minimum atomic E-state index is 0. The van der Waals surface area contributed by atoms with Crippen LogP contribution in [0.5, 0.6) is 0 Å². The van der Waals surface area contributed by atoms with Crippen LogP contribution in [-0.4, -0.2) is 62.7 Å². The lowest BCUT2D eigenvalue weighted by Gasteiger charge is -2.48. The molecule has 0 N–H and O–H groups in total. The Kier molecular flexibility index (Phi) is 7.82. The number of anilines is 2. The van der Waals surface area contributed by atoms with Crippen LogP contribution in [0.25, 0.3) is 0 Å². The van der Waals surface area contributed by atoms with Crippen LogP contribution >= 0.6 is 0 Å². The number of hydrogen-bond donors (Lipinski definition) is 0. The quantitative estimate of drug-likeness (QED) is 0.352. The average Bonchev–Trinajstić information content (AvgIpc) is 3.12. The van der Waals surface area contributed by atoms with Gasteiger partial charge < -0.3 is 31.6 Å². The summed E-state index contributed by atoms with van der Waals surface area (Å²) in [5, 5.41) is 0. The molecule has 0 radical (unpaired) electrons. The van der Waals surface area contributed by atoms with E-state index in [1.54, 1.807) is 0 Å². The lowest BCUT2D eigenvalue weighted by Crippen LogP contribution is -3.00. The maximum atomic E-state index is 2.71. The van der Waals surface area contributed by atoms with E-state index in [0.717, 1.165) is 56.7 Å². The molecule has 212 valence electrons. The van der Waals surface area contributed by atoms with E-state index in [2.05, 4.69) is 132 Å². The van der Waals surface area contributed by atoms with Gasteiger partial charge in [-0.05, 0) is 47.9 Å². The molecule has 0 saturated carbocycles. The normalized spacial score (nSPS) is 24.0. The summed E-state index contributed by atoms with van der Waals surface area (Å²) >= 11 is 0.